The van der Waals surface area contributed by atoms with Crippen molar-refractivity contribution in [3.8, 4) is 0 Å². The fourth-order valence-electron chi connectivity index (χ4n) is 2.71. The monoisotopic (exact) mass is 290 g/mol. The maximum Gasteiger partial charge on any atom is 0.0619 e. The van der Waals surface area contributed by atoms with Crippen LogP contribution in [0.3, 0.4) is 0 Å². The Hall–Kier alpha value is -0.900. The number of rotatable bonds is 6. The summed E-state index contributed by atoms with van der Waals surface area (Å²) in [5.74, 6) is 0.559. The first-order valence-electron chi connectivity index (χ1n) is 8.20. The molecule has 1 aliphatic rings. The third kappa shape index (κ3) is 5.10. The second kappa shape index (κ2) is 7.92. The van der Waals surface area contributed by atoms with Gasteiger partial charge in [-0.05, 0) is 24.0 Å². The average Bonchev–Trinajstić information content (AvgIpc) is 2.48. The maximum absolute atomic E-state index is 5.50. The van der Waals surface area contributed by atoms with Crippen molar-refractivity contribution in [2.24, 2.45) is 0 Å². The molecule has 0 amide bonds. The lowest BCUT2D eigenvalue weighted by Crippen LogP contribution is -2.42. The zero-order chi connectivity index (χ0) is 15.2. The molecule has 1 heterocycles. The van der Waals surface area contributed by atoms with E-state index < -0.39 is 0 Å². The van der Waals surface area contributed by atoms with E-state index in [1.165, 1.54) is 11.1 Å². The normalized spacial score (nSPS) is 21.7. The summed E-state index contributed by atoms with van der Waals surface area (Å²) in [6.07, 6.45) is 0. The third-order valence-electron chi connectivity index (χ3n) is 4.27. The molecule has 0 aliphatic carbocycles. The van der Waals surface area contributed by atoms with Gasteiger partial charge in [0.25, 0.3) is 0 Å². The molecule has 0 spiro atoms. The largest absolute Gasteiger partial charge is 0.379 e. The molecule has 118 valence electrons. The average molecular weight is 290 g/mol. The Morgan fingerprint density at radius 3 is 2.57 bits per heavy atom. The highest BCUT2D eigenvalue weighted by Gasteiger charge is 2.18. The van der Waals surface area contributed by atoms with Crippen LogP contribution in [-0.4, -0.2) is 43.3 Å². The number of morpholine rings is 1. The molecular weight excluding hydrogens is 260 g/mol. The zero-order valence-electron chi connectivity index (χ0n) is 13.9. The lowest BCUT2D eigenvalue weighted by Gasteiger charge is -2.33. The second-order valence-electron chi connectivity index (χ2n) is 6.60. The summed E-state index contributed by atoms with van der Waals surface area (Å²) in [6.45, 7) is 13.7. The van der Waals surface area contributed by atoms with Crippen LogP contribution >= 0.6 is 0 Å². The van der Waals surface area contributed by atoms with Gasteiger partial charge >= 0.3 is 0 Å². The zero-order valence-corrected chi connectivity index (χ0v) is 13.9. The van der Waals surface area contributed by atoms with Crippen molar-refractivity contribution in [3.05, 3.63) is 35.4 Å². The number of benzene rings is 1. The van der Waals surface area contributed by atoms with Gasteiger partial charge in [0.15, 0.2) is 0 Å². The van der Waals surface area contributed by atoms with Crippen LogP contribution in [0.4, 0.5) is 0 Å². The quantitative estimate of drug-likeness (QED) is 0.871. The lowest BCUT2D eigenvalue weighted by atomic mass is 9.99. The highest BCUT2D eigenvalue weighted by atomic mass is 16.5. The molecule has 0 bridgehead atoms. The molecule has 1 fully saturated rings. The van der Waals surface area contributed by atoms with Crippen LogP contribution in [0.25, 0.3) is 0 Å². The molecule has 21 heavy (non-hydrogen) atoms. The molecular formula is C18H30N2O. The minimum Gasteiger partial charge on any atom is -0.379 e. The molecule has 0 radical (unpaired) electrons. The Morgan fingerprint density at radius 1 is 1.24 bits per heavy atom. The summed E-state index contributed by atoms with van der Waals surface area (Å²) in [4.78, 5) is 2.50. The molecule has 3 nitrogen and oxygen atoms in total. The van der Waals surface area contributed by atoms with Gasteiger partial charge in [-0.15, -0.1) is 0 Å². The second-order valence-corrected chi connectivity index (χ2v) is 6.60. The van der Waals surface area contributed by atoms with Crippen molar-refractivity contribution >= 4 is 0 Å². The standard InChI is InChI=1S/C18H30N2O/c1-14(2)19-11-15(3)18-7-5-17(6-8-18)12-20-9-10-21-13-16(20)4/h5-8,14-16,19H,9-13H2,1-4H3. The van der Waals surface area contributed by atoms with E-state index in [9.17, 15) is 0 Å². The first-order chi connectivity index (χ1) is 10.1. The van der Waals surface area contributed by atoms with Gasteiger partial charge in [0.05, 0.1) is 13.2 Å². The van der Waals surface area contributed by atoms with Gasteiger partial charge in [-0.2, -0.15) is 0 Å². The van der Waals surface area contributed by atoms with Crippen molar-refractivity contribution in [1.29, 1.82) is 0 Å². The Balaban J connectivity index is 1.89. The minimum absolute atomic E-state index is 0.521. The first kappa shape index (κ1) is 16.5. The molecule has 1 N–H and O–H groups in total. The maximum atomic E-state index is 5.50. The molecule has 3 heteroatoms. The number of hydrogen-bond acceptors (Lipinski definition) is 3. The Morgan fingerprint density at radius 2 is 1.95 bits per heavy atom. The van der Waals surface area contributed by atoms with Crippen LogP contribution in [0.1, 0.15) is 44.7 Å². The fourth-order valence-corrected chi connectivity index (χ4v) is 2.71. The van der Waals surface area contributed by atoms with Gasteiger partial charge in [-0.3, -0.25) is 4.90 Å². The van der Waals surface area contributed by atoms with Crippen molar-refractivity contribution in [1.82, 2.24) is 10.2 Å². The predicted octanol–water partition coefficient (Wildman–Crippen LogP) is 3.01. The van der Waals surface area contributed by atoms with E-state index in [1.807, 2.05) is 0 Å². The number of nitrogens with zero attached hydrogens (tertiary/aromatic N) is 1. The van der Waals surface area contributed by atoms with Gasteiger partial charge < -0.3 is 10.1 Å². The fraction of sp³-hybridized carbons (Fsp3) is 0.667. The van der Waals surface area contributed by atoms with Crippen LogP contribution in [0, 0.1) is 0 Å². The number of hydrogen-bond donors (Lipinski definition) is 1. The predicted molar refractivity (Wildman–Crippen MR) is 88.7 cm³/mol. The van der Waals surface area contributed by atoms with E-state index >= 15 is 0 Å². The van der Waals surface area contributed by atoms with E-state index in [1.54, 1.807) is 0 Å². The van der Waals surface area contributed by atoms with Gasteiger partial charge in [0.2, 0.25) is 0 Å². The van der Waals surface area contributed by atoms with Crippen LogP contribution in [0.5, 0.6) is 0 Å². The van der Waals surface area contributed by atoms with Crippen LogP contribution in [0.2, 0.25) is 0 Å². The van der Waals surface area contributed by atoms with Gasteiger partial charge in [-0.25, -0.2) is 0 Å². The van der Waals surface area contributed by atoms with E-state index in [-0.39, 0.29) is 0 Å². The molecule has 2 unspecified atom stereocenters. The van der Waals surface area contributed by atoms with Crippen LogP contribution in [-0.2, 0) is 11.3 Å². The van der Waals surface area contributed by atoms with E-state index in [4.69, 9.17) is 4.74 Å². The minimum atomic E-state index is 0.521. The Bertz CT molecular complexity index is 416. The third-order valence-corrected chi connectivity index (χ3v) is 4.27. The molecule has 1 aromatic rings. The van der Waals surface area contributed by atoms with Gasteiger partial charge in [0.1, 0.15) is 0 Å². The summed E-state index contributed by atoms with van der Waals surface area (Å²) in [5, 5.41) is 3.51. The molecule has 1 aliphatic heterocycles. The Labute approximate surface area is 129 Å². The van der Waals surface area contributed by atoms with Crippen LogP contribution < -0.4 is 5.32 Å². The first-order valence-corrected chi connectivity index (χ1v) is 8.20. The topological polar surface area (TPSA) is 24.5 Å². The van der Waals surface area contributed by atoms with Crippen molar-refractivity contribution in [3.63, 3.8) is 0 Å². The smallest absolute Gasteiger partial charge is 0.0619 e. The molecule has 0 aromatic heterocycles. The van der Waals surface area contributed by atoms with E-state index in [0.29, 0.717) is 18.0 Å². The van der Waals surface area contributed by atoms with Crippen LogP contribution in [0.15, 0.2) is 24.3 Å². The lowest BCUT2D eigenvalue weighted by molar-refractivity contribution is -0.00437. The number of nitrogens with one attached hydrogen (secondary N) is 1. The summed E-state index contributed by atoms with van der Waals surface area (Å²) in [7, 11) is 0. The van der Waals surface area contributed by atoms with Crippen molar-refractivity contribution < 1.29 is 4.74 Å². The molecule has 1 aromatic carbocycles. The Kier molecular flexibility index (Phi) is 6.22. The molecule has 2 atom stereocenters. The summed E-state index contributed by atoms with van der Waals surface area (Å²) in [6, 6.07) is 10.2. The molecule has 1 saturated heterocycles. The van der Waals surface area contributed by atoms with Gasteiger partial charge in [0, 0.05) is 31.7 Å². The van der Waals surface area contributed by atoms with Gasteiger partial charge in [-0.1, -0.05) is 45.0 Å². The molecule has 2 rings (SSSR count). The highest BCUT2D eigenvalue weighted by Crippen LogP contribution is 2.17. The van der Waals surface area contributed by atoms with Crippen molar-refractivity contribution in [2.45, 2.75) is 52.2 Å². The summed E-state index contributed by atoms with van der Waals surface area (Å²) in [5.41, 5.74) is 2.82. The van der Waals surface area contributed by atoms with E-state index in [0.717, 1.165) is 32.8 Å². The summed E-state index contributed by atoms with van der Waals surface area (Å²) < 4.78 is 5.50. The SMILES string of the molecule is CC(C)NCC(C)c1ccc(CN2CCOCC2C)cc1. The number of ether oxygens (including phenoxy) is 1. The van der Waals surface area contributed by atoms with E-state index in [2.05, 4.69) is 62.2 Å². The highest BCUT2D eigenvalue weighted by molar-refractivity contribution is 5.25. The van der Waals surface area contributed by atoms with Crippen molar-refractivity contribution in [2.75, 3.05) is 26.3 Å². The summed E-state index contributed by atoms with van der Waals surface area (Å²) >= 11 is 0. The molecule has 0 saturated carbocycles.